The van der Waals surface area contributed by atoms with Crippen LogP contribution in [0.1, 0.15) is 0 Å². The maximum absolute atomic E-state index is 6.34. The smallest absolute Gasteiger partial charge is 0.160 e. The third kappa shape index (κ3) is 4.29. The molecule has 2 aromatic heterocycles. The van der Waals surface area contributed by atoms with E-state index in [1.54, 1.807) is 0 Å². The number of fused-ring (bicyclic) bond motifs is 6. The van der Waals surface area contributed by atoms with Crippen molar-refractivity contribution in [2.45, 2.75) is 0 Å². The lowest BCUT2D eigenvalue weighted by molar-refractivity contribution is 0.672. The van der Waals surface area contributed by atoms with Gasteiger partial charge in [0.05, 0.1) is 11.2 Å². The molecule has 0 N–H and O–H groups in total. The van der Waals surface area contributed by atoms with Gasteiger partial charge in [-0.25, -0.2) is 9.97 Å². The lowest BCUT2D eigenvalue weighted by Gasteiger charge is -2.11. The van der Waals surface area contributed by atoms with Crippen LogP contribution in [0.5, 0.6) is 0 Å². The predicted octanol–water partition coefficient (Wildman–Crippen LogP) is 11.4. The number of rotatable bonds is 4. The van der Waals surface area contributed by atoms with Crippen molar-refractivity contribution in [3.63, 3.8) is 0 Å². The Balaban J connectivity index is 1.12. The number of benzene rings is 7. The maximum Gasteiger partial charge on any atom is 0.160 e. The molecular weight excluding hydrogens is 548 g/mol. The summed E-state index contributed by atoms with van der Waals surface area (Å²) in [5.74, 6) is 0.719. The molecule has 0 fully saturated rings. The van der Waals surface area contributed by atoms with Gasteiger partial charge in [-0.2, -0.15) is 0 Å². The molecule has 0 spiro atoms. The minimum Gasteiger partial charge on any atom is -0.455 e. The Hall–Kier alpha value is -6.06. The average molecular weight is 575 g/mol. The zero-order chi connectivity index (χ0) is 29.7. The first kappa shape index (κ1) is 25.4. The summed E-state index contributed by atoms with van der Waals surface area (Å²) >= 11 is 0. The van der Waals surface area contributed by atoms with Gasteiger partial charge in [-0.05, 0) is 45.8 Å². The molecule has 0 radical (unpaired) electrons. The van der Waals surface area contributed by atoms with Gasteiger partial charge in [0, 0.05) is 32.7 Å². The van der Waals surface area contributed by atoms with Gasteiger partial charge < -0.3 is 4.42 Å². The minimum absolute atomic E-state index is 0.719. The molecule has 0 bridgehead atoms. The second-order valence-electron chi connectivity index (χ2n) is 11.4. The van der Waals surface area contributed by atoms with Crippen LogP contribution in [0.15, 0.2) is 162 Å². The number of hydrogen-bond donors (Lipinski definition) is 0. The Bertz CT molecular complexity index is 2510. The van der Waals surface area contributed by atoms with E-state index in [4.69, 9.17) is 14.4 Å². The van der Waals surface area contributed by atoms with Gasteiger partial charge in [-0.15, -0.1) is 0 Å². The van der Waals surface area contributed by atoms with Crippen LogP contribution in [-0.4, -0.2) is 9.97 Å². The molecule has 0 aliphatic heterocycles. The Morgan fingerprint density at radius 1 is 0.356 bits per heavy atom. The first-order valence-corrected chi connectivity index (χ1v) is 15.2. The largest absolute Gasteiger partial charge is 0.455 e. The summed E-state index contributed by atoms with van der Waals surface area (Å²) in [5, 5.41) is 5.62. The van der Waals surface area contributed by atoms with Gasteiger partial charge in [0.25, 0.3) is 0 Å². The number of furan rings is 1. The third-order valence-electron chi connectivity index (χ3n) is 8.72. The summed E-state index contributed by atoms with van der Waals surface area (Å²) in [7, 11) is 0. The number of aromatic nitrogens is 2. The van der Waals surface area contributed by atoms with Gasteiger partial charge >= 0.3 is 0 Å². The van der Waals surface area contributed by atoms with E-state index in [9.17, 15) is 0 Å². The topological polar surface area (TPSA) is 38.9 Å². The number of nitrogens with zero attached hydrogens (tertiary/aromatic N) is 2. The molecule has 0 amide bonds. The van der Waals surface area contributed by atoms with Crippen LogP contribution in [0.25, 0.3) is 88.5 Å². The molecule has 210 valence electrons. The van der Waals surface area contributed by atoms with Crippen molar-refractivity contribution < 1.29 is 4.42 Å². The van der Waals surface area contributed by atoms with Crippen LogP contribution in [0.4, 0.5) is 0 Å². The highest BCUT2D eigenvalue weighted by Gasteiger charge is 2.15. The Morgan fingerprint density at radius 2 is 0.956 bits per heavy atom. The fourth-order valence-electron chi connectivity index (χ4n) is 6.47. The normalized spacial score (nSPS) is 11.6. The summed E-state index contributed by atoms with van der Waals surface area (Å²) in [4.78, 5) is 10.1. The lowest BCUT2D eigenvalue weighted by atomic mass is 9.95. The average Bonchev–Trinajstić information content (AvgIpc) is 3.51. The summed E-state index contributed by atoms with van der Waals surface area (Å²) < 4.78 is 6.34. The van der Waals surface area contributed by atoms with Gasteiger partial charge in [0.1, 0.15) is 11.2 Å². The summed E-state index contributed by atoms with van der Waals surface area (Å²) in [6.45, 7) is 0. The van der Waals surface area contributed by atoms with E-state index < -0.39 is 0 Å². The maximum atomic E-state index is 6.34. The van der Waals surface area contributed by atoms with E-state index in [0.717, 1.165) is 66.4 Å². The van der Waals surface area contributed by atoms with E-state index in [0.29, 0.717) is 0 Å². The van der Waals surface area contributed by atoms with Crippen LogP contribution in [0, 0.1) is 0 Å². The second-order valence-corrected chi connectivity index (χ2v) is 11.4. The van der Waals surface area contributed by atoms with Gasteiger partial charge in [0.15, 0.2) is 5.82 Å². The molecule has 9 rings (SSSR count). The fraction of sp³-hybridized carbons (Fsp3) is 0. The molecule has 45 heavy (non-hydrogen) atoms. The van der Waals surface area contributed by atoms with Crippen LogP contribution >= 0.6 is 0 Å². The molecular formula is C42H26N2O. The fourth-order valence-corrected chi connectivity index (χ4v) is 6.47. The van der Waals surface area contributed by atoms with E-state index in [1.807, 2.05) is 30.3 Å². The zero-order valence-electron chi connectivity index (χ0n) is 24.3. The predicted molar refractivity (Wildman–Crippen MR) is 186 cm³/mol. The van der Waals surface area contributed by atoms with Gasteiger partial charge in [-0.1, -0.05) is 140 Å². The first-order valence-electron chi connectivity index (χ1n) is 15.2. The van der Waals surface area contributed by atoms with E-state index in [1.165, 1.54) is 22.1 Å². The SMILES string of the molecule is c1ccc(-c2ccc(-c3nc(-c4ccc(-c5cccc6c5ccc5c7ccccc7oc65)cc4)c4ccccc4n3)cc2)cc1. The molecule has 2 heterocycles. The van der Waals surface area contributed by atoms with Crippen molar-refractivity contribution >= 4 is 43.6 Å². The van der Waals surface area contributed by atoms with E-state index in [-0.39, 0.29) is 0 Å². The molecule has 0 aliphatic carbocycles. The molecule has 0 saturated carbocycles. The highest BCUT2D eigenvalue weighted by atomic mass is 16.3. The van der Waals surface area contributed by atoms with Crippen LogP contribution in [0.3, 0.4) is 0 Å². The van der Waals surface area contributed by atoms with Crippen molar-refractivity contribution in [1.82, 2.24) is 9.97 Å². The van der Waals surface area contributed by atoms with Crippen molar-refractivity contribution in [3.8, 4) is 44.9 Å². The third-order valence-corrected chi connectivity index (χ3v) is 8.72. The van der Waals surface area contributed by atoms with Crippen LogP contribution < -0.4 is 0 Å². The molecule has 3 nitrogen and oxygen atoms in total. The highest BCUT2D eigenvalue weighted by Crippen LogP contribution is 2.38. The molecule has 3 heteroatoms. The van der Waals surface area contributed by atoms with E-state index >= 15 is 0 Å². The summed E-state index contributed by atoms with van der Waals surface area (Å²) in [5.41, 5.74) is 10.4. The van der Waals surface area contributed by atoms with Crippen LogP contribution in [-0.2, 0) is 0 Å². The molecule has 9 aromatic rings. The van der Waals surface area contributed by atoms with Crippen LogP contribution in [0.2, 0.25) is 0 Å². The standard InChI is InChI=1S/C42H26N2O/c1-2-9-27(10-3-1)28-17-23-31(24-18-28)42-43-38-15-6-4-12-37(38)40(44-42)30-21-19-29(20-22-30)32-13-8-14-35-33(32)25-26-36-34-11-5-7-16-39(34)45-41(35)36/h1-26H. The highest BCUT2D eigenvalue weighted by molar-refractivity contribution is 6.17. The minimum atomic E-state index is 0.719. The Labute approximate surface area is 260 Å². The molecule has 7 aromatic carbocycles. The second kappa shape index (κ2) is 10.3. The van der Waals surface area contributed by atoms with Crippen molar-refractivity contribution in [2.75, 3.05) is 0 Å². The molecule has 0 unspecified atom stereocenters. The summed E-state index contributed by atoms with van der Waals surface area (Å²) in [6, 6.07) is 55.0. The molecule has 0 atom stereocenters. The first-order chi connectivity index (χ1) is 22.3. The van der Waals surface area contributed by atoms with E-state index in [2.05, 4.69) is 127 Å². The zero-order valence-corrected chi connectivity index (χ0v) is 24.3. The van der Waals surface area contributed by atoms with Crippen molar-refractivity contribution in [1.29, 1.82) is 0 Å². The quantitative estimate of drug-likeness (QED) is 0.210. The van der Waals surface area contributed by atoms with Crippen molar-refractivity contribution in [3.05, 3.63) is 158 Å². The monoisotopic (exact) mass is 574 g/mol. The Morgan fingerprint density at radius 3 is 1.80 bits per heavy atom. The van der Waals surface area contributed by atoms with Gasteiger partial charge in [0.2, 0.25) is 0 Å². The van der Waals surface area contributed by atoms with Gasteiger partial charge in [-0.3, -0.25) is 0 Å². The summed E-state index contributed by atoms with van der Waals surface area (Å²) in [6.07, 6.45) is 0. The molecule has 0 aliphatic rings. The number of para-hydroxylation sites is 2. The molecule has 0 saturated heterocycles. The Kier molecular flexibility index (Phi) is 5.82. The lowest BCUT2D eigenvalue weighted by Crippen LogP contribution is -1.95. The number of hydrogen-bond acceptors (Lipinski definition) is 3. The van der Waals surface area contributed by atoms with Crippen molar-refractivity contribution in [2.24, 2.45) is 0 Å².